The minimum absolute atomic E-state index is 0.0393. The molecule has 38 heavy (non-hydrogen) atoms. The Hall–Kier alpha value is -3.45. The smallest absolute Gasteiger partial charge is 0.408 e. The first-order valence-corrected chi connectivity index (χ1v) is 12.6. The van der Waals surface area contributed by atoms with Crippen molar-refractivity contribution in [2.45, 2.75) is 103 Å². The molecule has 0 rings (SSSR count). The van der Waals surface area contributed by atoms with E-state index in [9.17, 15) is 28.9 Å². The summed E-state index contributed by atoms with van der Waals surface area (Å²) in [6.45, 7) is 9.91. The number of carboxylic acids is 1. The quantitative estimate of drug-likeness (QED) is 0.142. The van der Waals surface area contributed by atoms with Gasteiger partial charge in [0.15, 0.2) is 0 Å². The van der Waals surface area contributed by atoms with Gasteiger partial charge in [0.25, 0.3) is 0 Å². The first-order chi connectivity index (χ1) is 17.5. The average Bonchev–Trinajstić information content (AvgIpc) is 2.75. The van der Waals surface area contributed by atoms with Gasteiger partial charge in [0.1, 0.15) is 29.8 Å². The van der Waals surface area contributed by atoms with E-state index < -0.39 is 59.8 Å². The molecule has 0 saturated heterocycles. The molecule has 14 nitrogen and oxygen atoms in total. The Morgan fingerprint density at radius 3 is 1.79 bits per heavy atom. The van der Waals surface area contributed by atoms with Crippen molar-refractivity contribution in [1.29, 1.82) is 0 Å². The summed E-state index contributed by atoms with van der Waals surface area (Å²) in [4.78, 5) is 70.9. The van der Waals surface area contributed by atoms with Crippen molar-refractivity contribution in [2.75, 3.05) is 19.6 Å². The molecule has 0 aromatic heterocycles. The van der Waals surface area contributed by atoms with Gasteiger partial charge < -0.3 is 35.8 Å². The number of hydrogen-bond donors (Lipinski definition) is 5. The minimum Gasteiger partial charge on any atom is -0.480 e. The highest BCUT2D eigenvalue weighted by Crippen LogP contribution is 2.10. The molecule has 4 amide bonds. The number of carbonyl (C=O) groups excluding carboxylic acids is 4. The fraction of sp³-hybridized carbons (Fsp3) is 0.792. The Morgan fingerprint density at radius 2 is 1.26 bits per heavy atom. The van der Waals surface area contributed by atoms with E-state index in [2.05, 4.69) is 26.4 Å². The van der Waals surface area contributed by atoms with Gasteiger partial charge in [0.05, 0.1) is 6.54 Å². The number of carbonyl (C=O) groups is 5. The number of ether oxygens (including phenoxy) is 2. The number of nitroso groups, excluding NO2 is 1. The molecular formula is C24H43N5O9. The SMILES string of the molecule is CC(C)(C)OC(=O)NCCCCC(NC(=O)OC(C)(C)C)C(=O)NC(CCCCN=O)C(=O)NCC(=O)O. The Labute approximate surface area is 223 Å². The van der Waals surface area contributed by atoms with Crippen LogP contribution in [0.15, 0.2) is 5.18 Å². The largest absolute Gasteiger partial charge is 0.480 e. The summed E-state index contributed by atoms with van der Waals surface area (Å²) >= 11 is 0. The Bertz CT molecular complexity index is 806. The molecule has 0 aliphatic heterocycles. The van der Waals surface area contributed by atoms with Crippen LogP contribution >= 0.6 is 0 Å². The summed E-state index contributed by atoms with van der Waals surface area (Å²) < 4.78 is 10.4. The summed E-state index contributed by atoms with van der Waals surface area (Å²) in [5.41, 5.74) is -1.45. The van der Waals surface area contributed by atoms with Crippen LogP contribution < -0.4 is 21.3 Å². The van der Waals surface area contributed by atoms with Gasteiger partial charge in [-0.05, 0) is 80.1 Å². The summed E-state index contributed by atoms with van der Waals surface area (Å²) in [6, 6.07) is -2.16. The van der Waals surface area contributed by atoms with Crippen molar-refractivity contribution in [3.8, 4) is 0 Å². The molecule has 14 heteroatoms. The summed E-state index contributed by atoms with van der Waals surface area (Å²) in [7, 11) is 0. The number of alkyl carbamates (subject to hydrolysis) is 2. The van der Waals surface area contributed by atoms with Crippen molar-refractivity contribution < 1.29 is 38.6 Å². The maximum absolute atomic E-state index is 13.1. The van der Waals surface area contributed by atoms with Crippen molar-refractivity contribution in [3.63, 3.8) is 0 Å². The van der Waals surface area contributed by atoms with E-state index in [1.54, 1.807) is 41.5 Å². The predicted molar refractivity (Wildman–Crippen MR) is 138 cm³/mol. The lowest BCUT2D eigenvalue weighted by molar-refractivity contribution is -0.138. The van der Waals surface area contributed by atoms with Crippen molar-refractivity contribution >= 4 is 30.0 Å². The van der Waals surface area contributed by atoms with Gasteiger partial charge in [0, 0.05) is 6.54 Å². The topological polar surface area (TPSA) is 202 Å². The van der Waals surface area contributed by atoms with E-state index in [1.807, 2.05) is 0 Å². The third-order valence-corrected chi connectivity index (χ3v) is 4.63. The number of hydrogen-bond acceptors (Lipinski definition) is 9. The van der Waals surface area contributed by atoms with Gasteiger partial charge in [-0.2, -0.15) is 4.91 Å². The number of carboxylic acid groups (broad SMARTS) is 1. The standard InChI is InChI=1S/C24H43N5O9/c1-23(2,3)37-21(34)25-13-9-7-12-17(29-22(35)38-24(4,5)6)20(33)28-16(11-8-10-14-27-36)19(32)26-15-18(30)31/h16-17H,7-15H2,1-6H3,(H,25,34)(H,26,32)(H,28,33)(H,29,35)(H,30,31). The fourth-order valence-corrected chi connectivity index (χ4v) is 3.05. The van der Waals surface area contributed by atoms with Gasteiger partial charge in [-0.3, -0.25) is 14.4 Å². The molecule has 0 saturated carbocycles. The molecule has 0 aliphatic rings. The molecule has 0 fully saturated rings. The zero-order chi connectivity index (χ0) is 29.4. The molecule has 0 aliphatic carbocycles. The highest BCUT2D eigenvalue weighted by atomic mass is 16.6. The first kappa shape index (κ1) is 34.6. The van der Waals surface area contributed by atoms with Gasteiger partial charge in [-0.1, -0.05) is 5.18 Å². The number of nitrogens with one attached hydrogen (secondary N) is 4. The molecule has 0 bridgehead atoms. The molecule has 0 aromatic carbocycles. The van der Waals surface area contributed by atoms with Gasteiger partial charge in [-0.15, -0.1) is 0 Å². The molecular weight excluding hydrogens is 502 g/mol. The van der Waals surface area contributed by atoms with E-state index >= 15 is 0 Å². The fourth-order valence-electron chi connectivity index (χ4n) is 3.05. The lowest BCUT2D eigenvalue weighted by atomic mass is 10.1. The maximum atomic E-state index is 13.1. The summed E-state index contributed by atoms with van der Waals surface area (Å²) in [5, 5.41) is 21.5. The second-order valence-corrected chi connectivity index (χ2v) is 10.6. The lowest BCUT2D eigenvalue weighted by Gasteiger charge is -2.25. The minimum atomic E-state index is -1.25. The molecule has 5 N–H and O–H groups in total. The monoisotopic (exact) mass is 545 g/mol. The molecule has 0 radical (unpaired) electrons. The highest BCUT2D eigenvalue weighted by molar-refractivity contribution is 5.92. The molecule has 218 valence electrons. The second kappa shape index (κ2) is 17.1. The van der Waals surface area contributed by atoms with Crippen molar-refractivity contribution in [3.05, 3.63) is 4.91 Å². The zero-order valence-electron chi connectivity index (χ0n) is 23.2. The van der Waals surface area contributed by atoms with E-state index in [-0.39, 0.29) is 25.9 Å². The number of rotatable bonds is 16. The second-order valence-electron chi connectivity index (χ2n) is 10.6. The van der Waals surface area contributed by atoms with Gasteiger partial charge in [0.2, 0.25) is 11.8 Å². The molecule has 2 unspecified atom stereocenters. The van der Waals surface area contributed by atoms with Gasteiger partial charge in [-0.25, -0.2) is 9.59 Å². The lowest BCUT2D eigenvalue weighted by Crippen LogP contribution is -2.54. The first-order valence-electron chi connectivity index (χ1n) is 12.6. The Morgan fingerprint density at radius 1 is 0.737 bits per heavy atom. The van der Waals surface area contributed by atoms with Gasteiger partial charge >= 0.3 is 18.2 Å². The number of unbranched alkanes of at least 4 members (excludes halogenated alkanes) is 2. The number of aliphatic carboxylic acids is 1. The van der Waals surface area contributed by atoms with Crippen LogP contribution in [-0.2, 0) is 23.9 Å². The van der Waals surface area contributed by atoms with E-state index in [0.717, 1.165) is 0 Å². The van der Waals surface area contributed by atoms with Crippen LogP contribution in [0.5, 0.6) is 0 Å². The van der Waals surface area contributed by atoms with Crippen LogP contribution in [0, 0.1) is 4.91 Å². The molecule has 0 spiro atoms. The summed E-state index contributed by atoms with van der Waals surface area (Å²) in [6.07, 6.45) is 0.548. The normalized spacial score (nSPS) is 12.9. The van der Waals surface area contributed by atoms with Crippen molar-refractivity contribution in [2.24, 2.45) is 5.18 Å². The van der Waals surface area contributed by atoms with E-state index in [1.165, 1.54) is 0 Å². The number of amides is 4. The van der Waals surface area contributed by atoms with E-state index in [0.29, 0.717) is 25.7 Å². The average molecular weight is 546 g/mol. The third kappa shape index (κ3) is 18.8. The van der Waals surface area contributed by atoms with E-state index in [4.69, 9.17) is 14.6 Å². The van der Waals surface area contributed by atoms with Crippen LogP contribution in [0.2, 0.25) is 0 Å². The van der Waals surface area contributed by atoms with Crippen LogP contribution in [0.25, 0.3) is 0 Å². The molecule has 2 atom stereocenters. The predicted octanol–water partition coefficient (Wildman–Crippen LogP) is 2.20. The van der Waals surface area contributed by atoms with Crippen molar-refractivity contribution in [1.82, 2.24) is 21.3 Å². The third-order valence-electron chi connectivity index (χ3n) is 4.63. The van der Waals surface area contributed by atoms with Crippen LogP contribution in [0.1, 0.15) is 80.1 Å². The van der Waals surface area contributed by atoms with Crippen LogP contribution in [0.3, 0.4) is 0 Å². The Kier molecular flexibility index (Phi) is 15.6. The Balaban J connectivity index is 5.26. The molecule has 0 heterocycles. The maximum Gasteiger partial charge on any atom is 0.408 e. The van der Waals surface area contributed by atoms with Crippen LogP contribution in [0.4, 0.5) is 9.59 Å². The number of nitrogens with zero attached hydrogens (tertiary/aromatic N) is 1. The summed E-state index contributed by atoms with van der Waals surface area (Å²) in [5.74, 6) is -2.63. The molecule has 0 aromatic rings. The zero-order valence-corrected chi connectivity index (χ0v) is 23.2. The highest BCUT2D eigenvalue weighted by Gasteiger charge is 2.28. The van der Waals surface area contributed by atoms with Crippen LogP contribution in [-0.4, -0.2) is 78.0 Å².